The van der Waals surface area contributed by atoms with Crippen LogP contribution in [0.25, 0.3) is 0 Å². The predicted molar refractivity (Wildman–Crippen MR) is 108 cm³/mol. The minimum Gasteiger partial charge on any atom is -0.339 e. The highest BCUT2D eigenvalue weighted by molar-refractivity contribution is 6.21. The molecule has 0 aliphatic carbocycles. The standard InChI is InChI=1S/C21H21ClN4O2/c22-19-18-12-14(7-8-16(18)13-23-25-19)20(27)24-17-6-4-5-15(11-17)21(28)26-9-2-1-3-10-26/h4-8,11-12,19H,1-3,9-10,13H2,(H,24,27). The lowest BCUT2D eigenvalue weighted by atomic mass is 10.0. The van der Waals surface area contributed by atoms with Crippen molar-refractivity contribution in [1.82, 2.24) is 4.90 Å². The van der Waals surface area contributed by atoms with E-state index in [1.165, 1.54) is 6.42 Å². The summed E-state index contributed by atoms with van der Waals surface area (Å²) < 4.78 is 0. The van der Waals surface area contributed by atoms with Crippen molar-refractivity contribution in [3.8, 4) is 0 Å². The molecule has 7 heteroatoms. The fourth-order valence-corrected chi connectivity index (χ4v) is 3.83. The number of carbonyl (C=O) groups excluding carboxylic acids is 2. The van der Waals surface area contributed by atoms with Crippen LogP contribution in [0.3, 0.4) is 0 Å². The second-order valence-corrected chi connectivity index (χ2v) is 7.47. The summed E-state index contributed by atoms with van der Waals surface area (Å²) in [6.07, 6.45) is 3.26. The van der Waals surface area contributed by atoms with Gasteiger partial charge in [-0.25, -0.2) is 0 Å². The Morgan fingerprint density at radius 3 is 2.68 bits per heavy atom. The number of hydrogen-bond acceptors (Lipinski definition) is 4. The molecule has 2 heterocycles. The molecule has 1 N–H and O–H groups in total. The zero-order chi connectivity index (χ0) is 19.5. The van der Waals surface area contributed by atoms with E-state index in [0.717, 1.165) is 37.1 Å². The van der Waals surface area contributed by atoms with E-state index < -0.39 is 5.50 Å². The van der Waals surface area contributed by atoms with Crippen LogP contribution in [-0.2, 0) is 6.54 Å². The van der Waals surface area contributed by atoms with E-state index in [1.54, 1.807) is 36.4 Å². The Bertz CT molecular complexity index is 938. The van der Waals surface area contributed by atoms with Gasteiger partial charge in [-0.05, 0) is 60.7 Å². The van der Waals surface area contributed by atoms with Crippen molar-refractivity contribution in [2.75, 3.05) is 18.4 Å². The molecule has 0 saturated carbocycles. The molecule has 0 bridgehead atoms. The third-order valence-electron chi connectivity index (χ3n) is 5.10. The van der Waals surface area contributed by atoms with E-state index >= 15 is 0 Å². The highest BCUT2D eigenvalue weighted by Crippen LogP contribution is 2.31. The summed E-state index contributed by atoms with van der Waals surface area (Å²) >= 11 is 6.18. The van der Waals surface area contributed by atoms with Gasteiger partial charge in [-0.2, -0.15) is 10.2 Å². The minimum atomic E-state index is -0.568. The molecule has 144 valence electrons. The highest BCUT2D eigenvalue weighted by Gasteiger charge is 2.20. The number of nitrogens with zero attached hydrogens (tertiary/aromatic N) is 3. The van der Waals surface area contributed by atoms with Crippen molar-refractivity contribution in [1.29, 1.82) is 0 Å². The molecule has 1 saturated heterocycles. The van der Waals surface area contributed by atoms with Gasteiger partial charge >= 0.3 is 0 Å². The molecule has 28 heavy (non-hydrogen) atoms. The van der Waals surface area contributed by atoms with Crippen molar-refractivity contribution in [3.05, 3.63) is 64.7 Å². The van der Waals surface area contributed by atoms with Gasteiger partial charge in [0.25, 0.3) is 11.8 Å². The number of piperidine rings is 1. The first-order chi connectivity index (χ1) is 13.6. The third-order valence-corrected chi connectivity index (χ3v) is 5.42. The van der Waals surface area contributed by atoms with Gasteiger partial charge in [-0.3, -0.25) is 9.59 Å². The Morgan fingerprint density at radius 1 is 1.04 bits per heavy atom. The number of rotatable bonds is 3. The van der Waals surface area contributed by atoms with Gasteiger partial charge in [-0.15, -0.1) is 0 Å². The molecule has 0 aromatic heterocycles. The van der Waals surface area contributed by atoms with Gasteiger partial charge in [-0.1, -0.05) is 23.7 Å². The molecular weight excluding hydrogens is 376 g/mol. The average Bonchev–Trinajstić information content (AvgIpc) is 2.74. The zero-order valence-corrected chi connectivity index (χ0v) is 16.2. The largest absolute Gasteiger partial charge is 0.339 e. The van der Waals surface area contributed by atoms with Crippen molar-refractivity contribution in [2.24, 2.45) is 10.2 Å². The Morgan fingerprint density at radius 2 is 1.86 bits per heavy atom. The summed E-state index contributed by atoms with van der Waals surface area (Å²) in [7, 11) is 0. The maximum Gasteiger partial charge on any atom is 0.255 e. The summed E-state index contributed by atoms with van der Waals surface area (Å²) in [5.74, 6) is -0.239. The number of likely N-dealkylation sites (tertiary alicyclic amines) is 1. The van der Waals surface area contributed by atoms with Gasteiger partial charge in [0.05, 0.1) is 6.54 Å². The summed E-state index contributed by atoms with van der Waals surface area (Å²) in [6.45, 7) is 2.06. The van der Waals surface area contributed by atoms with Crippen LogP contribution in [0.15, 0.2) is 52.7 Å². The highest BCUT2D eigenvalue weighted by atomic mass is 35.5. The predicted octanol–water partition coefficient (Wildman–Crippen LogP) is 4.77. The molecule has 1 atom stereocenters. The molecule has 0 spiro atoms. The topological polar surface area (TPSA) is 74.1 Å². The Labute approximate surface area is 168 Å². The smallest absolute Gasteiger partial charge is 0.255 e. The van der Waals surface area contributed by atoms with Gasteiger partial charge in [0.1, 0.15) is 0 Å². The molecule has 2 amide bonds. The quantitative estimate of drug-likeness (QED) is 0.599. The van der Waals surface area contributed by atoms with Gasteiger partial charge in [0.15, 0.2) is 5.50 Å². The number of halogens is 1. The van der Waals surface area contributed by atoms with E-state index in [4.69, 9.17) is 11.6 Å². The number of anilines is 1. The molecule has 2 aromatic carbocycles. The first kappa shape index (κ1) is 18.6. The van der Waals surface area contributed by atoms with Crippen LogP contribution in [0, 0.1) is 0 Å². The zero-order valence-electron chi connectivity index (χ0n) is 15.4. The fraction of sp³-hybridized carbons (Fsp3) is 0.333. The fourth-order valence-electron chi connectivity index (χ4n) is 3.57. The first-order valence-electron chi connectivity index (χ1n) is 9.46. The monoisotopic (exact) mass is 396 g/mol. The number of alkyl halides is 1. The van der Waals surface area contributed by atoms with E-state index in [0.29, 0.717) is 23.4 Å². The van der Waals surface area contributed by atoms with E-state index in [9.17, 15) is 9.59 Å². The maximum absolute atomic E-state index is 12.7. The lowest BCUT2D eigenvalue weighted by Crippen LogP contribution is -2.35. The Balaban J connectivity index is 1.49. The summed E-state index contributed by atoms with van der Waals surface area (Å²) in [4.78, 5) is 27.2. The van der Waals surface area contributed by atoms with E-state index in [2.05, 4.69) is 15.5 Å². The molecule has 1 fully saturated rings. The molecule has 1 unspecified atom stereocenters. The van der Waals surface area contributed by atoms with Crippen LogP contribution in [0.5, 0.6) is 0 Å². The number of benzene rings is 2. The molecule has 2 aliphatic rings. The Hall–Kier alpha value is -2.73. The van der Waals surface area contributed by atoms with Crippen LogP contribution in [-0.4, -0.2) is 29.8 Å². The van der Waals surface area contributed by atoms with Crippen molar-refractivity contribution in [2.45, 2.75) is 31.3 Å². The van der Waals surface area contributed by atoms with Crippen LogP contribution in [0.1, 0.15) is 56.6 Å². The van der Waals surface area contributed by atoms with Gasteiger partial charge in [0, 0.05) is 29.9 Å². The molecule has 2 aromatic rings. The first-order valence-corrected chi connectivity index (χ1v) is 9.90. The number of azo groups is 1. The SMILES string of the molecule is O=C(Nc1cccc(C(=O)N2CCCCC2)c1)c1ccc2c(c1)C(Cl)N=NC2. The summed E-state index contributed by atoms with van der Waals surface area (Å²) in [5.41, 5.74) is 2.88. The molecule has 4 rings (SSSR count). The average molecular weight is 397 g/mol. The second kappa shape index (κ2) is 8.10. The van der Waals surface area contributed by atoms with E-state index in [1.807, 2.05) is 11.0 Å². The normalized spacial score (nSPS) is 18.5. The summed E-state index contributed by atoms with van der Waals surface area (Å²) in [6, 6.07) is 12.4. The lowest BCUT2D eigenvalue weighted by molar-refractivity contribution is 0.0724. The van der Waals surface area contributed by atoms with Crippen molar-refractivity contribution < 1.29 is 9.59 Å². The Kier molecular flexibility index (Phi) is 5.39. The van der Waals surface area contributed by atoms with Gasteiger partial charge in [0.2, 0.25) is 0 Å². The second-order valence-electron chi connectivity index (χ2n) is 7.05. The maximum atomic E-state index is 12.7. The number of carbonyl (C=O) groups is 2. The third kappa shape index (κ3) is 3.92. The van der Waals surface area contributed by atoms with Crippen LogP contribution in [0.2, 0.25) is 0 Å². The lowest BCUT2D eigenvalue weighted by Gasteiger charge is -2.26. The van der Waals surface area contributed by atoms with Crippen molar-refractivity contribution in [3.63, 3.8) is 0 Å². The molecule has 2 aliphatic heterocycles. The van der Waals surface area contributed by atoms with Gasteiger partial charge < -0.3 is 10.2 Å². The summed E-state index contributed by atoms with van der Waals surface area (Å²) in [5, 5.41) is 10.8. The number of nitrogens with one attached hydrogen (secondary N) is 1. The van der Waals surface area contributed by atoms with Crippen molar-refractivity contribution >= 4 is 29.1 Å². The number of hydrogen-bond donors (Lipinski definition) is 1. The number of fused-ring (bicyclic) bond motifs is 1. The van der Waals surface area contributed by atoms with Crippen LogP contribution in [0.4, 0.5) is 5.69 Å². The van der Waals surface area contributed by atoms with Crippen LogP contribution < -0.4 is 5.32 Å². The molecular formula is C21H21ClN4O2. The van der Waals surface area contributed by atoms with Crippen LogP contribution >= 0.6 is 11.6 Å². The number of amides is 2. The minimum absolute atomic E-state index is 0.0138. The molecule has 0 radical (unpaired) electrons. The molecule has 6 nitrogen and oxygen atoms in total. The van der Waals surface area contributed by atoms with E-state index in [-0.39, 0.29) is 11.8 Å².